The maximum absolute atomic E-state index is 11.7. The summed E-state index contributed by atoms with van der Waals surface area (Å²) >= 11 is 0. The number of carboxylic acid groups (broad SMARTS) is 1. The second-order valence-corrected chi connectivity index (χ2v) is 8.29. The predicted octanol–water partition coefficient (Wildman–Crippen LogP) is 4.43. The van der Waals surface area contributed by atoms with E-state index >= 15 is 0 Å². The molecule has 0 aromatic carbocycles. The zero-order valence-electron chi connectivity index (χ0n) is 18.8. The second-order valence-electron chi connectivity index (χ2n) is 8.29. The summed E-state index contributed by atoms with van der Waals surface area (Å²) in [5, 5.41) is 38.4. The van der Waals surface area contributed by atoms with Gasteiger partial charge in [0.15, 0.2) is 6.10 Å². The van der Waals surface area contributed by atoms with Gasteiger partial charge in [-0.1, -0.05) is 70.4 Å². The van der Waals surface area contributed by atoms with E-state index in [4.69, 9.17) is 9.84 Å². The lowest BCUT2D eigenvalue weighted by molar-refractivity contribution is -0.148. The van der Waals surface area contributed by atoms with Gasteiger partial charge in [-0.2, -0.15) is 0 Å². The molecule has 0 saturated heterocycles. The van der Waals surface area contributed by atoms with Crippen LogP contribution in [0.2, 0.25) is 0 Å². The normalized spacial score (nSPS) is 18.5. The van der Waals surface area contributed by atoms with Gasteiger partial charge in [0, 0.05) is 5.57 Å². The number of carboxylic acids is 1. The summed E-state index contributed by atoms with van der Waals surface area (Å²) in [6.07, 6.45) is 15.3. The maximum atomic E-state index is 11.7. The molecule has 0 spiro atoms. The Morgan fingerprint density at radius 3 is 2.10 bits per heavy atom. The van der Waals surface area contributed by atoms with Crippen molar-refractivity contribution in [3.05, 3.63) is 23.5 Å². The average molecular weight is 441 g/mol. The van der Waals surface area contributed by atoms with Gasteiger partial charge >= 0.3 is 11.9 Å². The monoisotopic (exact) mass is 440 g/mol. The van der Waals surface area contributed by atoms with Crippen LogP contribution in [0.15, 0.2) is 23.5 Å². The Kier molecular flexibility index (Phi) is 13.9. The summed E-state index contributed by atoms with van der Waals surface area (Å²) in [7, 11) is 0. The molecule has 4 N–H and O–H groups in total. The topological polar surface area (TPSA) is 124 Å². The minimum absolute atomic E-state index is 0.142. The molecular formula is C24H40O7. The lowest BCUT2D eigenvalue weighted by Crippen LogP contribution is -2.35. The van der Waals surface area contributed by atoms with Crippen molar-refractivity contribution in [1.29, 1.82) is 0 Å². The molecule has 7 heteroatoms. The number of allylic oxidation sites excluding steroid dienone is 2. The van der Waals surface area contributed by atoms with E-state index in [0.29, 0.717) is 6.42 Å². The molecule has 7 nitrogen and oxygen atoms in total. The fourth-order valence-electron chi connectivity index (χ4n) is 3.89. The third kappa shape index (κ3) is 9.87. The van der Waals surface area contributed by atoms with Crippen molar-refractivity contribution in [3.63, 3.8) is 0 Å². The molecule has 0 radical (unpaired) electrons. The molecule has 1 aliphatic heterocycles. The van der Waals surface area contributed by atoms with E-state index in [1.807, 2.05) is 0 Å². The molecule has 3 atom stereocenters. The predicted molar refractivity (Wildman–Crippen MR) is 119 cm³/mol. The van der Waals surface area contributed by atoms with E-state index in [1.54, 1.807) is 0 Å². The Balaban J connectivity index is 2.28. The number of esters is 1. The maximum Gasteiger partial charge on any atom is 0.374 e. The van der Waals surface area contributed by atoms with Gasteiger partial charge in [0.25, 0.3) is 0 Å². The quantitative estimate of drug-likeness (QED) is 0.141. The van der Waals surface area contributed by atoms with Crippen LogP contribution in [0.25, 0.3) is 0 Å². The van der Waals surface area contributed by atoms with E-state index in [1.165, 1.54) is 38.5 Å². The van der Waals surface area contributed by atoms with Gasteiger partial charge in [-0.25, -0.2) is 4.79 Å². The number of carbonyl (C=O) groups is 2. The zero-order valence-corrected chi connectivity index (χ0v) is 18.8. The molecule has 31 heavy (non-hydrogen) atoms. The van der Waals surface area contributed by atoms with Gasteiger partial charge in [0.2, 0.25) is 5.76 Å². The minimum atomic E-state index is -1.46. The number of hydrogen-bond acceptors (Lipinski definition) is 6. The molecule has 0 aliphatic carbocycles. The highest BCUT2D eigenvalue weighted by molar-refractivity contribution is 5.92. The van der Waals surface area contributed by atoms with E-state index in [0.717, 1.165) is 32.1 Å². The zero-order chi connectivity index (χ0) is 23.1. The SMILES string of the molecule is CCCCCCCC/C=C\CCCCCCC(C(=O)O)C1=C(O)C(=O)OC1[C@@H](O)CO. The first-order chi connectivity index (χ1) is 14.9. The number of rotatable bonds is 18. The van der Waals surface area contributed by atoms with Crippen molar-refractivity contribution in [3.8, 4) is 0 Å². The van der Waals surface area contributed by atoms with E-state index in [2.05, 4.69) is 19.1 Å². The number of cyclic esters (lactones) is 1. The van der Waals surface area contributed by atoms with Gasteiger partial charge in [-0.3, -0.25) is 4.79 Å². The van der Waals surface area contributed by atoms with Crippen LogP contribution in [0, 0.1) is 5.92 Å². The Hall–Kier alpha value is -1.86. The highest BCUT2D eigenvalue weighted by Gasteiger charge is 2.44. The second kappa shape index (κ2) is 15.9. The van der Waals surface area contributed by atoms with Crippen LogP contribution in [-0.2, 0) is 14.3 Å². The fraction of sp³-hybridized carbons (Fsp3) is 0.750. The molecule has 1 aliphatic rings. The molecule has 0 bridgehead atoms. The molecule has 178 valence electrons. The summed E-state index contributed by atoms with van der Waals surface area (Å²) < 4.78 is 4.85. The van der Waals surface area contributed by atoms with Crippen molar-refractivity contribution in [2.24, 2.45) is 5.92 Å². The minimum Gasteiger partial charge on any atom is -0.502 e. The Morgan fingerprint density at radius 1 is 1.00 bits per heavy atom. The van der Waals surface area contributed by atoms with E-state index in [-0.39, 0.29) is 12.0 Å². The Labute approximate surface area is 185 Å². The summed E-state index contributed by atoms with van der Waals surface area (Å²) in [4.78, 5) is 23.3. The highest BCUT2D eigenvalue weighted by atomic mass is 16.6. The lowest BCUT2D eigenvalue weighted by atomic mass is 9.87. The Bertz CT molecular complexity index is 597. The van der Waals surface area contributed by atoms with Gasteiger partial charge in [0.05, 0.1) is 12.5 Å². The van der Waals surface area contributed by atoms with Crippen molar-refractivity contribution in [1.82, 2.24) is 0 Å². The summed E-state index contributed by atoms with van der Waals surface area (Å²) in [6.45, 7) is 1.52. The average Bonchev–Trinajstić information content (AvgIpc) is 3.04. The summed E-state index contributed by atoms with van der Waals surface area (Å²) in [5.74, 6) is -4.14. The van der Waals surface area contributed by atoms with Gasteiger partial charge in [-0.15, -0.1) is 0 Å². The lowest BCUT2D eigenvalue weighted by Gasteiger charge is -2.22. The smallest absolute Gasteiger partial charge is 0.374 e. The van der Waals surface area contributed by atoms with Gasteiger partial charge in [0.1, 0.15) is 6.10 Å². The van der Waals surface area contributed by atoms with Crippen LogP contribution in [0.4, 0.5) is 0 Å². The van der Waals surface area contributed by atoms with Gasteiger partial charge < -0.3 is 25.2 Å². The molecule has 0 amide bonds. The van der Waals surface area contributed by atoms with E-state index in [9.17, 15) is 24.9 Å². The van der Waals surface area contributed by atoms with Crippen LogP contribution >= 0.6 is 0 Å². The third-order valence-electron chi connectivity index (χ3n) is 5.72. The number of hydrogen-bond donors (Lipinski definition) is 4. The first kappa shape index (κ1) is 27.2. The third-order valence-corrected chi connectivity index (χ3v) is 5.72. The number of unbranched alkanes of at least 4 members (excludes halogenated alkanes) is 10. The molecule has 0 aromatic rings. The number of aliphatic carboxylic acids is 1. The Morgan fingerprint density at radius 2 is 1.55 bits per heavy atom. The molecular weight excluding hydrogens is 400 g/mol. The molecule has 2 unspecified atom stereocenters. The first-order valence-corrected chi connectivity index (χ1v) is 11.7. The highest BCUT2D eigenvalue weighted by Crippen LogP contribution is 2.33. The van der Waals surface area contributed by atoms with Crippen LogP contribution in [0.5, 0.6) is 0 Å². The molecule has 1 rings (SSSR count). The van der Waals surface area contributed by atoms with Crippen molar-refractivity contribution in [2.75, 3.05) is 6.61 Å². The number of carbonyl (C=O) groups excluding carboxylic acids is 1. The summed E-state index contributed by atoms with van der Waals surface area (Å²) in [6, 6.07) is 0. The summed E-state index contributed by atoms with van der Waals surface area (Å²) in [5.41, 5.74) is -0.142. The molecule has 0 aromatic heterocycles. The molecule has 1 heterocycles. The van der Waals surface area contributed by atoms with E-state index < -0.39 is 42.4 Å². The molecule has 0 saturated carbocycles. The van der Waals surface area contributed by atoms with Crippen LogP contribution < -0.4 is 0 Å². The molecule has 0 fully saturated rings. The first-order valence-electron chi connectivity index (χ1n) is 11.7. The number of aliphatic hydroxyl groups is 3. The standard InChI is InChI=1S/C24H40O7/c1-2-3-4-5-6-7-8-9-10-11-12-13-14-15-16-18(23(28)29)20-21(27)24(30)31-22(20)19(26)17-25/h9-10,18-19,22,25-27H,2-8,11-17H2,1H3,(H,28,29)/b10-9-/t18?,19-,22?/m0/s1. The number of aliphatic hydroxyl groups excluding tert-OH is 3. The van der Waals surface area contributed by atoms with Crippen LogP contribution in [-0.4, -0.2) is 51.2 Å². The van der Waals surface area contributed by atoms with Crippen molar-refractivity contribution < 1.29 is 34.8 Å². The van der Waals surface area contributed by atoms with Crippen molar-refractivity contribution in [2.45, 2.75) is 103 Å². The fourth-order valence-corrected chi connectivity index (χ4v) is 3.89. The largest absolute Gasteiger partial charge is 0.502 e. The van der Waals surface area contributed by atoms with Gasteiger partial charge in [-0.05, 0) is 32.1 Å². The van der Waals surface area contributed by atoms with Crippen LogP contribution in [0.1, 0.15) is 90.4 Å². The van der Waals surface area contributed by atoms with Crippen molar-refractivity contribution >= 4 is 11.9 Å². The van der Waals surface area contributed by atoms with Crippen LogP contribution in [0.3, 0.4) is 0 Å². The number of ether oxygens (including phenoxy) is 1.